The maximum absolute atomic E-state index is 6.99. The third-order valence-corrected chi connectivity index (χ3v) is 12.4. The average molecular weight is 805 g/mol. The standard InChI is InChI=1S/C60H40N2O/c1-4-17-41(18-5-1)42-31-33-46(34-32-42)61(48-35-36-49(43-19-6-2-7-20-43)54(40-48)44-21-8-3-9-22-44)57-38-37-53-52-27-12-15-30-58(52)63-60(53)59(57)45-23-16-24-47(39-45)62-55-28-13-10-25-50(55)51-26-11-14-29-56(51)62/h1-40H. The second-order valence-corrected chi connectivity index (χ2v) is 16.1. The second kappa shape index (κ2) is 15.3. The molecule has 2 heterocycles. The van der Waals surface area contributed by atoms with Crippen LogP contribution in [0.5, 0.6) is 0 Å². The normalized spacial score (nSPS) is 11.5. The lowest BCUT2D eigenvalue weighted by atomic mass is 9.93. The summed E-state index contributed by atoms with van der Waals surface area (Å²) in [6, 6.07) is 87.1. The highest BCUT2D eigenvalue weighted by Gasteiger charge is 2.25. The van der Waals surface area contributed by atoms with Crippen LogP contribution in [-0.4, -0.2) is 4.57 Å². The number of para-hydroxylation sites is 3. The Morgan fingerprint density at radius 3 is 1.56 bits per heavy atom. The van der Waals surface area contributed by atoms with Crippen molar-refractivity contribution in [2.45, 2.75) is 0 Å². The lowest BCUT2D eigenvalue weighted by Gasteiger charge is -2.29. The molecule has 0 saturated heterocycles. The number of fused-ring (bicyclic) bond motifs is 6. The summed E-state index contributed by atoms with van der Waals surface area (Å²) in [4.78, 5) is 2.41. The van der Waals surface area contributed by atoms with Gasteiger partial charge in [-0.15, -0.1) is 0 Å². The summed E-state index contributed by atoms with van der Waals surface area (Å²) in [6.45, 7) is 0. The number of benzene rings is 10. The summed E-state index contributed by atoms with van der Waals surface area (Å²) < 4.78 is 9.38. The van der Waals surface area contributed by atoms with Crippen LogP contribution in [0.3, 0.4) is 0 Å². The summed E-state index contributed by atoms with van der Waals surface area (Å²) in [5, 5.41) is 4.64. The van der Waals surface area contributed by atoms with E-state index in [-0.39, 0.29) is 0 Å². The molecule has 0 aliphatic rings. The number of rotatable bonds is 8. The van der Waals surface area contributed by atoms with Crippen molar-refractivity contribution in [1.82, 2.24) is 4.57 Å². The van der Waals surface area contributed by atoms with Crippen LogP contribution >= 0.6 is 0 Å². The van der Waals surface area contributed by atoms with Gasteiger partial charge in [0.25, 0.3) is 0 Å². The average Bonchev–Trinajstić information content (AvgIpc) is 3.91. The van der Waals surface area contributed by atoms with Gasteiger partial charge >= 0.3 is 0 Å². The zero-order valence-electron chi connectivity index (χ0n) is 34.4. The molecule has 3 nitrogen and oxygen atoms in total. The minimum absolute atomic E-state index is 0.850. The van der Waals surface area contributed by atoms with E-state index < -0.39 is 0 Å². The molecule has 3 heteroatoms. The van der Waals surface area contributed by atoms with Gasteiger partial charge in [0, 0.05) is 44.2 Å². The van der Waals surface area contributed by atoms with Gasteiger partial charge in [-0.3, -0.25) is 0 Å². The van der Waals surface area contributed by atoms with Gasteiger partial charge in [0.2, 0.25) is 0 Å². The van der Waals surface area contributed by atoms with E-state index in [2.05, 4.69) is 246 Å². The number of hydrogen-bond acceptors (Lipinski definition) is 2. The van der Waals surface area contributed by atoms with Crippen molar-refractivity contribution in [3.05, 3.63) is 243 Å². The summed E-state index contributed by atoms with van der Waals surface area (Å²) in [7, 11) is 0. The van der Waals surface area contributed by atoms with E-state index in [1.807, 2.05) is 6.07 Å². The first-order valence-electron chi connectivity index (χ1n) is 21.5. The van der Waals surface area contributed by atoms with E-state index in [0.29, 0.717) is 0 Å². The van der Waals surface area contributed by atoms with E-state index in [1.165, 1.54) is 38.5 Å². The monoisotopic (exact) mass is 804 g/mol. The minimum atomic E-state index is 0.850. The lowest BCUT2D eigenvalue weighted by Crippen LogP contribution is -2.12. The first-order valence-corrected chi connectivity index (χ1v) is 21.5. The van der Waals surface area contributed by atoms with Crippen LogP contribution in [0.1, 0.15) is 0 Å². The molecule has 0 spiro atoms. The zero-order valence-corrected chi connectivity index (χ0v) is 34.4. The minimum Gasteiger partial charge on any atom is -0.455 e. The second-order valence-electron chi connectivity index (χ2n) is 16.1. The molecule has 0 aliphatic heterocycles. The summed E-state index contributed by atoms with van der Waals surface area (Å²) in [5.41, 5.74) is 17.3. The Labute approximate surface area is 366 Å². The van der Waals surface area contributed by atoms with Gasteiger partial charge in [0.05, 0.1) is 16.7 Å². The van der Waals surface area contributed by atoms with Crippen molar-refractivity contribution in [2.75, 3.05) is 4.90 Å². The number of nitrogens with zero attached hydrogens (tertiary/aromatic N) is 2. The van der Waals surface area contributed by atoms with Crippen LogP contribution in [0.2, 0.25) is 0 Å². The molecule has 0 aliphatic carbocycles. The Morgan fingerprint density at radius 2 is 0.873 bits per heavy atom. The first-order chi connectivity index (χ1) is 31.3. The summed E-state index contributed by atoms with van der Waals surface area (Å²) in [5.74, 6) is 0. The number of aromatic nitrogens is 1. The molecule has 2 aromatic heterocycles. The predicted molar refractivity (Wildman–Crippen MR) is 264 cm³/mol. The fourth-order valence-corrected chi connectivity index (χ4v) is 9.50. The molecule has 0 N–H and O–H groups in total. The molecular formula is C60H40N2O. The molecule has 0 atom stereocenters. The molecular weight excluding hydrogens is 765 g/mol. The Balaban J connectivity index is 1.13. The van der Waals surface area contributed by atoms with Crippen molar-refractivity contribution >= 4 is 60.8 Å². The lowest BCUT2D eigenvalue weighted by molar-refractivity contribution is 0.670. The van der Waals surface area contributed by atoms with Crippen molar-refractivity contribution in [3.63, 3.8) is 0 Å². The number of anilines is 3. The zero-order chi connectivity index (χ0) is 41.7. The Morgan fingerprint density at radius 1 is 0.333 bits per heavy atom. The van der Waals surface area contributed by atoms with Crippen LogP contribution < -0.4 is 4.90 Å². The largest absolute Gasteiger partial charge is 0.455 e. The quantitative estimate of drug-likeness (QED) is 0.153. The Bertz CT molecular complexity index is 3550. The van der Waals surface area contributed by atoms with Gasteiger partial charge < -0.3 is 13.9 Å². The van der Waals surface area contributed by atoms with Crippen molar-refractivity contribution in [3.8, 4) is 50.2 Å². The van der Waals surface area contributed by atoms with Gasteiger partial charge in [-0.05, 0) is 106 Å². The first kappa shape index (κ1) is 36.5. The predicted octanol–water partition coefficient (Wildman–Crippen LogP) is 16.8. The molecule has 63 heavy (non-hydrogen) atoms. The maximum atomic E-state index is 6.99. The molecule has 0 fully saturated rings. The highest BCUT2D eigenvalue weighted by Crippen LogP contribution is 2.49. The third kappa shape index (κ3) is 6.29. The van der Waals surface area contributed by atoms with E-state index in [4.69, 9.17) is 4.42 Å². The van der Waals surface area contributed by atoms with Crippen LogP contribution in [0.15, 0.2) is 247 Å². The molecule has 10 aromatic carbocycles. The summed E-state index contributed by atoms with van der Waals surface area (Å²) in [6.07, 6.45) is 0. The molecule has 0 unspecified atom stereocenters. The van der Waals surface area contributed by atoms with Crippen molar-refractivity contribution < 1.29 is 4.42 Å². The van der Waals surface area contributed by atoms with Crippen LogP contribution in [0, 0.1) is 0 Å². The fourth-order valence-electron chi connectivity index (χ4n) is 9.50. The Kier molecular flexibility index (Phi) is 8.83. The van der Waals surface area contributed by atoms with Gasteiger partial charge in [-0.25, -0.2) is 0 Å². The van der Waals surface area contributed by atoms with Crippen LogP contribution in [-0.2, 0) is 0 Å². The van der Waals surface area contributed by atoms with E-state index in [9.17, 15) is 0 Å². The van der Waals surface area contributed by atoms with Gasteiger partial charge in [0.1, 0.15) is 11.2 Å². The highest BCUT2D eigenvalue weighted by molar-refractivity contribution is 6.14. The number of hydrogen-bond donors (Lipinski definition) is 0. The fraction of sp³-hybridized carbons (Fsp3) is 0. The van der Waals surface area contributed by atoms with Crippen LogP contribution in [0.25, 0.3) is 93.9 Å². The molecule has 12 aromatic rings. The van der Waals surface area contributed by atoms with E-state index in [0.717, 1.165) is 72.5 Å². The van der Waals surface area contributed by atoms with E-state index >= 15 is 0 Å². The molecule has 0 radical (unpaired) electrons. The maximum Gasteiger partial charge on any atom is 0.145 e. The molecule has 296 valence electrons. The topological polar surface area (TPSA) is 21.3 Å². The third-order valence-electron chi connectivity index (χ3n) is 12.4. The Hall–Kier alpha value is -8.40. The molecule has 12 rings (SSSR count). The smallest absolute Gasteiger partial charge is 0.145 e. The molecule has 0 saturated carbocycles. The highest BCUT2D eigenvalue weighted by atomic mass is 16.3. The molecule has 0 amide bonds. The number of furan rings is 1. The van der Waals surface area contributed by atoms with Gasteiger partial charge in [-0.1, -0.05) is 176 Å². The van der Waals surface area contributed by atoms with Crippen molar-refractivity contribution in [2.24, 2.45) is 0 Å². The van der Waals surface area contributed by atoms with Crippen molar-refractivity contribution in [1.29, 1.82) is 0 Å². The SMILES string of the molecule is c1ccc(-c2ccc(N(c3ccc(-c4ccccc4)c(-c4ccccc4)c3)c3ccc4c(oc5ccccc54)c3-c3cccc(-n4c5ccccc5c5ccccc54)c3)cc2)cc1. The summed E-state index contributed by atoms with van der Waals surface area (Å²) >= 11 is 0. The van der Waals surface area contributed by atoms with Gasteiger partial charge in [-0.2, -0.15) is 0 Å². The van der Waals surface area contributed by atoms with E-state index in [1.54, 1.807) is 0 Å². The van der Waals surface area contributed by atoms with Crippen LogP contribution in [0.4, 0.5) is 17.1 Å². The molecule has 0 bridgehead atoms. The van der Waals surface area contributed by atoms with Gasteiger partial charge in [0.15, 0.2) is 0 Å².